The number of carbonyl (C=O) groups excluding carboxylic acids is 1. The van der Waals surface area contributed by atoms with Crippen molar-refractivity contribution in [2.75, 3.05) is 18.4 Å². The van der Waals surface area contributed by atoms with Gasteiger partial charge in [-0.15, -0.1) is 0 Å². The van der Waals surface area contributed by atoms with Crippen LogP contribution in [0, 0.1) is 11.6 Å². The molecular weight excluding hydrogens is 388 g/mol. The second-order valence-corrected chi connectivity index (χ2v) is 7.81. The van der Waals surface area contributed by atoms with Crippen LogP contribution in [-0.2, 0) is 17.6 Å². The van der Waals surface area contributed by atoms with Gasteiger partial charge in [0.2, 0.25) is 5.91 Å². The summed E-state index contributed by atoms with van der Waals surface area (Å²) in [5.41, 5.74) is 3.87. The number of halogens is 2. The van der Waals surface area contributed by atoms with Crippen molar-refractivity contribution in [1.82, 2.24) is 10.6 Å². The molecule has 0 saturated heterocycles. The van der Waals surface area contributed by atoms with Crippen LogP contribution in [0.4, 0.5) is 14.5 Å². The zero-order chi connectivity index (χ0) is 21.7. The minimum absolute atomic E-state index is 0.0759. The van der Waals surface area contributed by atoms with Gasteiger partial charge in [-0.3, -0.25) is 4.79 Å². The maximum Gasteiger partial charge on any atom is 0.217 e. The van der Waals surface area contributed by atoms with E-state index in [4.69, 9.17) is 0 Å². The van der Waals surface area contributed by atoms with Gasteiger partial charge in [0.25, 0.3) is 0 Å². The number of aliphatic hydroxyl groups is 1. The van der Waals surface area contributed by atoms with E-state index in [1.807, 2.05) is 0 Å². The molecule has 1 aliphatic rings. The first kappa shape index (κ1) is 22.2. The Balaban J connectivity index is 1.69. The minimum atomic E-state index is -0.923. The first-order valence-corrected chi connectivity index (χ1v) is 10.4. The Labute approximate surface area is 175 Å². The lowest BCUT2D eigenvalue weighted by molar-refractivity contribution is -0.120. The average Bonchev–Trinajstić information content (AvgIpc) is 2.70. The quantitative estimate of drug-likeness (QED) is 0.533. The highest BCUT2D eigenvalue weighted by atomic mass is 19.1. The average molecular weight is 418 g/mol. The van der Waals surface area contributed by atoms with E-state index in [0.29, 0.717) is 5.56 Å². The van der Waals surface area contributed by atoms with E-state index in [2.05, 4.69) is 41.1 Å². The van der Waals surface area contributed by atoms with Gasteiger partial charge in [-0.25, -0.2) is 8.78 Å². The van der Waals surface area contributed by atoms with Crippen molar-refractivity contribution in [3.63, 3.8) is 0 Å². The molecular formula is C23H29F2N3O2. The highest BCUT2D eigenvalue weighted by molar-refractivity contribution is 5.73. The molecule has 162 valence electrons. The fourth-order valence-corrected chi connectivity index (χ4v) is 3.93. The van der Waals surface area contributed by atoms with Gasteiger partial charge in [-0.05, 0) is 54.2 Å². The second-order valence-electron chi connectivity index (χ2n) is 7.81. The molecule has 7 heteroatoms. The number of rotatable bonds is 8. The van der Waals surface area contributed by atoms with Crippen LogP contribution in [0.2, 0.25) is 0 Å². The van der Waals surface area contributed by atoms with E-state index >= 15 is 0 Å². The Kier molecular flexibility index (Phi) is 7.39. The summed E-state index contributed by atoms with van der Waals surface area (Å²) >= 11 is 0. The van der Waals surface area contributed by atoms with Gasteiger partial charge in [0.15, 0.2) is 0 Å². The van der Waals surface area contributed by atoms with Crippen molar-refractivity contribution in [3.05, 3.63) is 64.7 Å². The van der Waals surface area contributed by atoms with E-state index in [-0.39, 0.29) is 24.9 Å². The summed E-state index contributed by atoms with van der Waals surface area (Å²) in [6.07, 6.45) is 1.01. The summed E-state index contributed by atoms with van der Waals surface area (Å²) in [6.45, 7) is 4.53. The van der Waals surface area contributed by atoms with E-state index in [1.54, 1.807) is 0 Å². The van der Waals surface area contributed by atoms with Gasteiger partial charge in [0, 0.05) is 37.8 Å². The lowest BCUT2D eigenvalue weighted by atomic mass is 9.94. The van der Waals surface area contributed by atoms with Crippen LogP contribution in [0.15, 0.2) is 36.4 Å². The Bertz CT molecular complexity index is 870. The number of nitrogens with one attached hydrogen (secondary N) is 3. The van der Waals surface area contributed by atoms with E-state index in [9.17, 15) is 18.7 Å². The maximum absolute atomic E-state index is 13.5. The van der Waals surface area contributed by atoms with Crippen LogP contribution in [0.3, 0.4) is 0 Å². The van der Waals surface area contributed by atoms with E-state index < -0.39 is 23.8 Å². The third kappa shape index (κ3) is 5.77. The monoisotopic (exact) mass is 417 g/mol. The molecule has 0 bridgehead atoms. The molecule has 3 rings (SSSR count). The fraction of sp³-hybridized carbons (Fsp3) is 0.435. The molecule has 1 amide bonds. The van der Waals surface area contributed by atoms with Crippen LogP contribution < -0.4 is 16.0 Å². The van der Waals surface area contributed by atoms with Crippen LogP contribution in [0.1, 0.15) is 43.0 Å². The van der Waals surface area contributed by atoms with Crippen LogP contribution in [0.5, 0.6) is 0 Å². The molecule has 2 aromatic rings. The number of aryl methyl sites for hydroxylation is 1. The van der Waals surface area contributed by atoms with Gasteiger partial charge in [-0.2, -0.15) is 0 Å². The maximum atomic E-state index is 13.5. The summed E-state index contributed by atoms with van der Waals surface area (Å²) in [7, 11) is 0. The summed E-state index contributed by atoms with van der Waals surface area (Å²) in [5.74, 6) is -1.68. The Morgan fingerprint density at radius 3 is 2.60 bits per heavy atom. The van der Waals surface area contributed by atoms with Gasteiger partial charge >= 0.3 is 0 Å². The third-order valence-electron chi connectivity index (χ3n) is 5.45. The molecule has 5 nitrogen and oxygen atoms in total. The van der Waals surface area contributed by atoms with Gasteiger partial charge < -0.3 is 21.1 Å². The number of anilines is 1. The minimum Gasteiger partial charge on any atom is -0.390 e. The topological polar surface area (TPSA) is 73.4 Å². The lowest BCUT2D eigenvalue weighted by Gasteiger charge is -2.31. The molecule has 0 radical (unpaired) electrons. The van der Waals surface area contributed by atoms with Crippen LogP contribution in [0.25, 0.3) is 0 Å². The van der Waals surface area contributed by atoms with Crippen molar-refractivity contribution in [2.45, 2.75) is 51.3 Å². The first-order chi connectivity index (χ1) is 14.4. The normalized spacial score (nSPS) is 17.6. The highest BCUT2D eigenvalue weighted by Crippen LogP contribution is 2.30. The molecule has 30 heavy (non-hydrogen) atoms. The molecule has 0 saturated carbocycles. The second kappa shape index (κ2) is 10.00. The number of hydrogen-bond donors (Lipinski definition) is 4. The number of fused-ring (bicyclic) bond motifs is 1. The molecule has 0 fully saturated rings. The van der Waals surface area contributed by atoms with E-state index in [1.165, 1.54) is 24.6 Å². The molecule has 1 heterocycles. The zero-order valence-corrected chi connectivity index (χ0v) is 17.3. The van der Waals surface area contributed by atoms with Gasteiger partial charge in [0.05, 0.1) is 12.1 Å². The number of hydrogen-bond acceptors (Lipinski definition) is 4. The Hall–Kier alpha value is -2.51. The van der Waals surface area contributed by atoms with Crippen molar-refractivity contribution in [1.29, 1.82) is 0 Å². The van der Waals surface area contributed by atoms with Crippen LogP contribution in [-0.4, -0.2) is 36.2 Å². The third-order valence-corrected chi connectivity index (χ3v) is 5.45. The zero-order valence-electron chi connectivity index (χ0n) is 17.3. The van der Waals surface area contributed by atoms with Crippen molar-refractivity contribution < 1.29 is 18.7 Å². The summed E-state index contributed by atoms with van der Waals surface area (Å²) in [6, 6.07) is 9.00. The predicted octanol–water partition coefficient (Wildman–Crippen LogP) is 3.08. The molecule has 1 aliphatic heterocycles. The summed E-state index contributed by atoms with van der Waals surface area (Å²) < 4.78 is 27.1. The number of carbonyl (C=O) groups is 1. The SMILES string of the molecule is CCc1ccc2c(c1)C(NC[C@@H](O)C(Cc1cc(F)cc(F)c1)NC(C)=O)CCN2. The van der Waals surface area contributed by atoms with E-state index in [0.717, 1.165) is 36.7 Å². The van der Waals surface area contributed by atoms with Crippen molar-refractivity contribution >= 4 is 11.6 Å². The molecule has 4 N–H and O–H groups in total. The standard InChI is InChI=1S/C23H29F2N3O2/c1-3-15-4-5-20-19(10-15)21(6-7-26-20)27-13-23(30)22(28-14(2)29)11-16-8-17(24)12-18(25)9-16/h4-5,8-10,12,21-23,26-27,30H,3,6-7,11,13H2,1-2H3,(H,28,29)/t21?,22?,23-/m1/s1. The largest absolute Gasteiger partial charge is 0.390 e. The van der Waals surface area contributed by atoms with Gasteiger partial charge in [0.1, 0.15) is 11.6 Å². The smallest absolute Gasteiger partial charge is 0.217 e. The molecule has 0 spiro atoms. The molecule has 0 aromatic heterocycles. The van der Waals surface area contributed by atoms with Gasteiger partial charge in [-0.1, -0.05) is 19.1 Å². The van der Waals surface area contributed by atoms with Crippen LogP contribution >= 0.6 is 0 Å². The summed E-state index contributed by atoms with van der Waals surface area (Å²) in [4.78, 5) is 11.6. The van der Waals surface area contributed by atoms with Crippen molar-refractivity contribution in [2.24, 2.45) is 0 Å². The number of amides is 1. The lowest BCUT2D eigenvalue weighted by Crippen LogP contribution is -2.48. The molecule has 2 unspecified atom stereocenters. The number of benzene rings is 2. The molecule has 3 atom stereocenters. The Morgan fingerprint density at radius 2 is 1.93 bits per heavy atom. The number of aliphatic hydroxyl groups excluding tert-OH is 1. The first-order valence-electron chi connectivity index (χ1n) is 10.4. The Morgan fingerprint density at radius 1 is 1.20 bits per heavy atom. The predicted molar refractivity (Wildman–Crippen MR) is 113 cm³/mol. The summed E-state index contributed by atoms with van der Waals surface area (Å²) in [5, 5.41) is 20.3. The molecule has 0 aliphatic carbocycles. The molecule has 2 aromatic carbocycles. The fourth-order valence-electron chi connectivity index (χ4n) is 3.93. The van der Waals surface area contributed by atoms with Crippen molar-refractivity contribution in [3.8, 4) is 0 Å². The highest BCUT2D eigenvalue weighted by Gasteiger charge is 2.25.